The fourth-order valence-corrected chi connectivity index (χ4v) is 2.47. The predicted molar refractivity (Wildman–Crippen MR) is 80.2 cm³/mol. The highest BCUT2D eigenvalue weighted by molar-refractivity contribution is 5.83. The van der Waals surface area contributed by atoms with Gasteiger partial charge in [0.05, 0.1) is 6.54 Å². The molecule has 1 aromatic carbocycles. The Hall–Kier alpha value is -1.35. The van der Waals surface area contributed by atoms with E-state index in [0.29, 0.717) is 5.75 Å². The third-order valence-corrected chi connectivity index (χ3v) is 3.72. The summed E-state index contributed by atoms with van der Waals surface area (Å²) in [5.74, 6) is 0.318. The third kappa shape index (κ3) is 4.35. The number of piperidine rings is 1. The monoisotopic (exact) mass is 260 g/mol. The Morgan fingerprint density at radius 3 is 2.79 bits per heavy atom. The van der Waals surface area contributed by atoms with Gasteiger partial charge in [0.1, 0.15) is 5.75 Å². The number of aryl methyl sites for hydroxylation is 1. The molecule has 1 fully saturated rings. The second-order valence-corrected chi connectivity index (χ2v) is 5.18. The van der Waals surface area contributed by atoms with E-state index in [1.54, 1.807) is 12.3 Å². The molecule has 1 aliphatic rings. The second-order valence-electron chi connectivity index (χ2n) is 5.18. The van der Waals surface area contributed by atoms with Crippen LogP contribution in [0.2, 0.25) is 0 Å². The number of hydrogen-bond donors (Lipinski definition) is 1. The first-order valence-corrected chi connectivity index (χ1v) is 7.33. The van der Waals surface area contributed by atoms with Crippen molar-refractivity contribution in [3.8, 4) is 5.75 Å². The highest BCUT2D eigenvalue weighted by atomic mass is 16.3. The highest BCUT2D eigenvalue weighted by Gasteiger charge is 2.08. The maximum Gasteiger partial charge on any atom is 0.124 e. The molecule has 0 radical (unpaired) electrons. The fraction of sp³-hybridized carbons (Fsp3) is 0.562. The summed E-state index contributed by atoms with van der Waals surface area (Å²) in [4.78, 5) is 6.92. The molecule has 104 valence electrons. The average molecular weight is 260 g/mol. The number of hydrogen-bond acceptors (Lipinski definition) is 3. The molecule has 0 saturated carbocycles. The van der Waals surface area contributed by atoms with Gasteiger partial charge in [-0.2, -0.15) is 0 Å². The largest absolute Gasteiger partial charge is 0.507 e. The van der Waals surface area contributed by atoms with Crippen molar-refractivity contribution < 1.29 is 5.11 Å². The van der Waals surface area contributed by atoms with Gasteiger partial charge in [-0.3, -0.25) is 4.99 Å². The molecule has 1 saturated heterocycles. The molecule has 2 rings (SSSR count). The van der Waals surface area contributed by atoms with Crippen molar-refractivity contribution in [2.75, 3.05) is 26.2 Å². The van der Waals surface area contributed by atoms with Crippen LogP contribution in [0.25, 0.3) is 0 Å². The van der Waals surface area contributed by atoms with E-state index in [-0.39, 0.29) is 0 Å². The molecule has 0 aliphatic carbocycles. The van der Waals surface area contributed by atoms with E-state index in [9.17, 15) is 5.11 Å². The van der Waals surface area contributed by atoms with E-state index in [0.717, 1.165) is 25.1 Å². The van der Waals surface area contributed by atoms with Crippen LogP contribution >= 0.6 is 0 Å². The van der Waals surface area contributed by atoms with Gasteiger partial charge in [-0.25, -0.2) is 0 Å². The van der Waals surface area contributed by atoms with Crippen molar-refractivity contribution in [2.45, 2.75) is 32.6 Å². The van der Waals surface area contributed by atoms with Gasteiger partial charge < -0.3 is 10.0 Å². The lowest BCUT2D eigenvalue weighted by Gasteiger charge is -2.25. The fourth-order valence-electron chi connectivity index (χ4n) is 2.47. The van der Waals surface area contributed by atoms with Crippen molar-refractivity contribution in [1.82, 2.24) is 4.90 Å². The maximum atomic E-state index is 9.78. The lowest BCUT2D eigenvalue weighted by molar-refractivity contribution is 0.235. The first kappa shape index (κ1) is 14.1. The molecule has 1 aromatic rings. The van der Waals surface area contributed by atoms with Crippen LogP contribution in [0.3, 0.4) is 0 Å². The van der Waals surface area contributed by atoms with Crippen molar-refractivity contribution in [3.63, 3.8) is 0 Å². The Morgan fingerprint density at radius 1 is 1.26 bits per heavy atom. The van der Waals surface area contributed by atoms with Gasteiger partial charge >= 0.3 is 0 Å². The molecule has 1 aliphatic heterocycles. The number of benzene rings is 1. The molecule has 0 bridgehead atoms. The minimum Gasteiger partial charge on any atom is -0.507 e. The van der Waals surface area contributed by atoms with Gasteiger partial charge in [0.2, 0.25) is 0 Å². The summed E-state index contributed by atoms with van der Waals surface area (Å²) in [6.07, 6.45) is 6.80. The Labute approximate surface area is 116 Å². The van der Waals surface area contributed by atoms with Crippen molar-refractivity contribution in [1.29, 1.82) is 0 Å². The molecule has 0 spiro atoms. The number of nitrogens with zero attached hydrogens (tertiary/aromatic N) is 2. The Kier molecular flexibility index (Phi) is 5.40. The standard InChI is InChI=1S/C16H24N2O/c1-2-14-6-7-16(19)15(12-14)13-17-8-11-18-9-4-3-5-10-18/h6-7,12-13,19H,2-5,8-11H2,1H3. The van der Waals surface area contributed by atoms with Crippen LogP contribution in [0.1, 0.15) is 37.3 Å². The molecular weight excluding hydrogens is 236 g/mol. The summed E-state index contributed by atoms with van der Waals surface area (Å²) >= 11 is 0. The zero-order chi connectivity index (χ0) is 13.5. The Morgan fingerprint density at radius 2 is 2.05 bits per heavy atom. The predicted octanol–water partition coefficient (Wildman–Crippen LogP) is 2.86. The van der Waals surface area contributed by atoms with Gasteiger partial charge in [0.15, 0.2) is 0 Å². The van der Waals surface area contributed by atoms with Crippen LogP contribution in [0.15, 0.2) is 23.2 Å². The molecule has 3 heteroatoms. The maximum absolute atomic E-state index is 9.78. The molecule has 1 heterocycles. The van der Waals surface area contributed by atoms with Gasteiger partial charge in [0, 0.05) is 18.3 Å². The van der Waals surface area contributed by atoms with Gasteiger partial charge in [-0.05, 0) is 50.0 Å². The van der Waals surface area contributed by atoms with E-state index in [1.807, 2.05) is 12.1 Å². The van der Waals surface area contributed by atoms with Crippen LogP contribution in [0.5, 0.6) is 5.75 Å². The summed E-state index contributed by atoms with van der Waals surface area (Å²) in [5, 5.41) is 9.78. The number of aromatic hydroxyl groups is 1. The lowest BCUT2D eigenvalue weighted by Crippen LogP contribution is -2.31. The molecule has 3 nitrogen and oxygen atoms in total. The summed E-state index contributed by atoms with van der Waals surface area (Å²) < 4.78 is 0. The summed E-state index contributed by atoms with van der Waals surface area (Å²) in [6, 6.07) is 5.73. The average Bonchev–Trinajstić information content (AvgIpc) is 2.46. The van der Waals surface area contributed by atoms with E-state index in [4.69, 9.17) is 0 Å². The first-order valence-electron chi connectivity index (χ1n) is 7.33. The van der Waals surface area contributed by atoms with Crippen molar-refractivity contribution in [3.05, 3.63) is 29.3 Å². The quantitative estimate of drug-likeness (QED) is 0.826. The summed E-state index contributed by atoms with van der Waals surface area (Å²) in [5.41, 5.74) is 2.06. The molecule has 19 heavy (non-hydrogen) atoms. The van der Waals surface area contributed by atoms with E-state index in [1.165, 1.54) is 37.9 Å². The molecule has 0 aromatic heterocycles. The molecule has 0 amide bonds. The summed E-state index contributed by atoms with van der Waals surface area (Å²) in [7, 11) is 0. The van der Waals surface area contributed by atoms with Crippen LogP contribution < -0.4 is 0 Å². The second kappa shape index (κ2) is 7.29. The zero-order valence-electron chi connectivity index (χ0n) is 11.8. The molecule has 0 unspecified atom stereocenters. The van der Waals surface area contributed by atoms with E-state index in [2.05, 4.69) is 16.8 Å². The zero-order valence-corrected chi connectivity index (χ0v) is 11.8. The number of aliphatic imine (C=N–C) groups is 1. The SMILES string of the molecule is CCc1ccc(O)c(C=NCCN2CCCCC2)c1. The Bertz CT molecular complexity index is 423. The number of likely N-dealkylation sites (tertiary alicyclic amines) is 1. The van der Waals surface area contributed by atoms with Crippen LogP contribution in [0, 0.1) is 0 Å². The molecular formula is C16H24N2O. The first-order chi connectivity index (χ1) is 9.29. The lowest BCUT2D eigenvalue weighted by atomic mass is 10.1. The summed E-state index contributed by atoms with van der Waals surface area (Å²) in [6.45, 7) is 6.39. The van der Waals surface area contributed by atoms with Crippen LogP contribution in [0.4, 0.5) is 0 Å². The molecule has 0 atom stereocenters. The number of phenols is 1. The molecule has 1 N–H and O–H groups in total. The van der Waals surface area contributed by atoms with Crippen LogP contribution in [-0.2, 0) is 6.42 Å². The van der Waals surface area contributed by atoms with Gasteiger partial charge in [0.25, 0.3) is 0 Å². The highest BCUT2D eigenvalue weighted by Crippen LogP contribution is 2.17. The van der Waals surface area contributed by atoms with E-state index < -0.39 is 0 Å². The Balaban J connectivity index is 1.84. The minimum atomic E-state index is 0.318. The van der Waals surface area contributed by atoms with Gasteiger partial charge in [-0.15, -0.1) is 0 Å². The normalized spacial score (nSPS) is 17.1. The third-order valence-electron chi connectivity index (χ3n) is 3.72. The minimum absolute atomic E-state index is 0.318. The van der Waals surface area contributed by atoms with Gasteiger partial charge in [-0.1, -0.05) is 19.4 Å². The smallest absolute Gasteiger partial charge is 0.124 e. The van der Waals surface area contributed by atoms with E-state index >= 15 is 0 Å². The number of phenolic OH excluding ortho intramolecular Hbond substituents is 1. The van der Waals surface area contributed by atoms with Crippen molar-refractivity contribution in [2.24, 2.45) is 4.99 Å². The van der Waals surface area contributed by atoms with Crippen LogP contribution in [-0.4, -0.2) is 42.4 Å². The topological polar surface area (TPSA) is 35.8 Å². The number of rotatable bonds is 5. The van der Waals surface area contributed by atoms with Crippen molar-refractivity contribution >= 4 is 6.21 Å².